The first-order chi connectivity index (χ1) is 27.9. The second kappa shape index (κ2) is 24.6. The number of rotatable bonds is 18. The van der Waals surface area contributed by atoms with Gasteiger partial charge in [0.1, 0.15) is 18.1 Å². The standard InChI is InChI=1S/C14H17NO5.C14H19NO4.C13H17NO4S/c15-11(14(17)18)7-9-1-3-10(4-2-9)12(16)8-13-19-5-6-20-13;15-12(14(16)17)9-11-3-1-10(2-4-11)5-6-13-18-7-8-19-13;14-11(13(15)16)7-9-1-3-10(4-2-9)19-8-12-17-5-6-18-12/h1-4,11,13H,5-8,15H2,(H,17,18);1-4,12-13H,5-9,15H2,(H,16,17);1-4,11-12H,5-8,14H2,(H,15,16). The van der Waals surface area contributed by atoms with Crippen molar-refractivity contribution < 1.29 is 62.9 Å². The highest BCUT2D eigenvalue weighted by atomic mass is 32.2. The molecule has 0 aliphatic carbocycles. The lowest BCUT2D eigenvalue weighted by molar-refractivity contribution is -0.139. The van der Waals surface area contributed by atoms with E-state index in [9.17, 15) is 19.2 Å². The number of carbonyl (C=O) groups excluding carboxylic acids is 1. The Morgan fingerprint density at radius 3 is 1.33 bits per heavy atom. The van der Waals surface area contributed by atoms with Crippen LogP contribution in [-0.2, 0) is 68.5 Å². The van der Waals surface area contributed by atoms with Crippen molar-refractivity contribution in [3.63, 3.8) is 0 Å². The Hall–Kier alpha value is -4.27. The predicted octanol–water partition coefficient (Wildman–Crippen LogP) is 2.64. The number of nitrogens with two attached hydrogens (primary N) is 3. The van der Waals surface area contributed by atoms with E-state index in [-0.39, 0.29) is 31.2 Å². The largest absolute Gasteiger partial charge is 0.480 e. The lowest BCUT2D eigenvalue weighted by Gasteiger charge is -2.10. The zero-order chi connectivity index (χ0) is 41.9. The van der Waals surface area contributed by atoms with Gasteiger partial charge in [0.05, 0.1) is 46.1 Å². The minimum Gasteiger partial charge on any atom is -0.480 e. The second-order valence-corrected chi connectivity index (χ2v) is 14.7. The Morgan fingerprint density at radius 1 is 0.534 bits per heavy atom. The molecule has 0 amide bonds. The molecule has 9 N–H and O–H groups in total. The van der Waals surface area contributed by atoms with E-state index in [2.05, 4.69) is 0 Å². The fourth-order valence-corrected chi connectivity index (χ4v) is 6.58. The van der Waals surface area contributed by atoms with Gasteiger partial charge in [-0.1, -0.05) is 60.7 Å². The fourth-order valence-electron chi connectivity index (χ4n) is 5.73. The predicted molar refractivity (Wildman–Crippen MR) is 212 cm³/mol. The van der Waals surface area contributed by atoms with Gasteiger partial charge >= 0.3 is 17.9 Å². The molecule has 3 aliphatic heterocycles. The summed E-state index contributed by atoms with van der Waals surface area (Å²) in [6, 6.07) is 19.7. The molecule has 3 heterocycles. The van der Waals surface area contributed by atoms with E-state index in [0.29, 0.717) is 58.0 Å². The first kappa shape index (κ1) is 46.4. The number of carboxylic acid groups (broad SMARTS) is 3. The van der Waals surface area contributed by atoms with Crippen LogP contribution in [0.5, 0.6) is 0 Å². The average Bonchev–Trinajstić information content (AvgIpc) is 4.04. The van der Waals surface area contributed by atoms with E-state index in [0.717, 1.165) is 40.2 Å². The van der Waals surface area contributed by atoms with E-state index < -0.39 is 42.3 Å². The third kappa shape index (κ3) is 16.9. The average molecular weight is 828 g/mol. The molecule has 3 aromatic carbocycles. The number of benzene rings is 3. The Morgan fingerprint density at radius 2 is 0.897 bits per heavy atom. The van der Waals surface area contributed by atoms with E-state index in [4.69, 9.17) is 60.9 Å². The fraction of sp³-hybridized carbons (Fsp3) is 0.463. The van der Waals surface area contributed by atoms with Crippen molar-refractivity contribution >= 4 is 35.5 Å². The molecule has 0 aromatic heterocycles. The van der Waals surface area contributed by atoms with Gasteiger partial charge in [-0.25, -0.2) is 0 Å². The summed E-state index contributed by atoms with van der Waals surface area (Å²) in [7, 11) is 0. The smallest absolute Gasteiger partial charge is 0.320 e. The highest BCUT2D eigenvalue weighted by Gasteiger charge is 2.21. The van der Waals surface area contributed by atoms with Gasteiger partial charge in [-0.15, -0.1) is 11.8 Å². The highest BCUT2D eigenvalue weighted by Crippen LogP contribution is 2.22. The van der Waals surface area contributed by atoms with Crippen LogP contribution in [-0.4, -0.2) is 121 Å². The molecule has 3 unspecified atom stereocenters. The number of aliphatic carboxylic acids is 3. The monoisotopic (exact) mass is 827 g/mol. The van der Waals surface area contributed by atoms with Gasteiger partial charge < -0.3 is 60.9 Å². The quantitative estimate of drug-likeness (QED) is 0.0795. The Kier molecular flexibility index (Phi) is 19.7. The minimum atomic E-state index is -1.04. The Balaban J connectivity index is 0.000000193. The summed E-state index contributed by atoms with van der Waals surface area (Å²) in [6.07, 6.45) is 2.18. The van der Waals surface area contributed by atoms with Gasteiger partial charge in [-0.05, 0) is 60.1 Å². The second-order valence-electron chi connectivity index (χ2n) is 13.6. The molecule has 6 rings (SSSR count). The van der Waals surface area contributed by atoms with E-state index in [1.54, 1.807) is 36.0 Å². The van der Waals surface area contributed by atoms with E-state index in [1.165, 1.54) is 5.56 Å². The number of thioether (sulfide) groups is 1. The van der Waals surface area contributed by atoms with Gasteiger partial charge in [0.25, 0.3) is 0 Å². The van der Waals surface area contributed by atoms with Crippen molar-refractivity contribution in [2.75, 3.05) is 45.4 Å². The van der Waals surface area contributed by atoms with Crippen LogP contribution < -0.4 is 17.2 Å². The third-order valence-electron chi connectivity index (χ3n) is 9.02. The molecule has 0 saturated carbocycles. The first-order valence-corrected chi connectivity index (χ1v) is 19.9. The van der Waals surface area contributed by atoms with Crippen LogP contribution in [0.3, 0.4) is 0 Å². The SMILES string of the molecule is NC(Cc1ccc(C(=O)CC2OCCO2)cc1)C(=O)O.NC(Cc1ccc(CCC2OCCO2)cc1)C(=O)O.NC(Cc1ccc(SCC2OCCO2)cc1)C(=O)O. The van der Waals surface area contributed by atoms with Crippen LogP contribution in [0.25, 0.3) is 0 Å². The molecule has 58 heavy (non-hydrogen) atoms. The number of aryl methyl sites for hydroxylation is 1. The van der Waals surface area contributed by atoms with Crippen molar-refractivity contribution in [1.29, 1.82) is 0 Å². The van der Waals surface area contributed by atoms with Crippen LogP contribution in [0.4, 0.5) is 0 Å². The number of Topliss-reactive ketones (excluding diaryl/α,β-unsaturated/α-hetero) is 1. The summed E-state index contributed by atoms with van der Waals surface area (Å²) in [4.78, 5) is 45.1. The van der Waals surface area contributed by atoms with Gasteiger partial charge in [-0.3, -0.25) is 19.2 Å². The van der Waals surface area contributed by atoms with E-state index in [1.807, 2.05) is 48.5 Å². The zero-order valence-electron chi connectivity index (χ0n) is 32.1. The number of ether oxygens (including phenoxy) is 6. The molecule has 3 saturated heterocycles. The summed E-state index contributed by atoms with van der Waals surface area (Å²) in [5.74, 6) is -2.30. The molecule has 3 aromatic rings. The summed E-state index contributed by atoms with van der Waals surface area (Å²) < 4.78 is 31.9. The molecule has 316 valence electrons. The van der Waals surface area contributed by atoms with Gasteiger partial charge in [-0.2, -0.15) is 0 Å². The minimum absolute atomic E-state index is 0.0639. The van der Waals surface area contributed by atoms with Crippen molar-refractivity contribution in [2.45, 2.75) is 80.4 Å². The molecule has 3 aliphatic rings. The molecule has 17 heteroatoms. The normalized spacial score (nSPS) is 17.4. The lowest BCUT2D eigenvalue weighted by Crippen LogP contribution is -2.32. The van der Waals surface area contributed by atoms with Crippen molar-refractivity contribution in [3.05, 3.63) is 101 Å². The maximum atomic E-state index is 12.0. The number of ketones is 1. The molecule has 0 spiro atoms. The highest BCUT2D eigenvalue weighted by molar-refractivity contribution is 7.99. The number of carboxylic acids is 3. The number of hydrogen-bond acceptors (Lipinski definition) is 14. The Bertz CT molecular complexity index is 1630. The van der Waals surface area contributed by atoms with Crippen LogP contribution in [0.15, 0.2) is 77.7 Å². The lowest BCUT2D eigenvalue weighted by atomic mass is 10.0. The number of carbonyl (C=O) groups is 4. The van der Waals surface area contributed by atoms with Gasteiger partial charge in [0, 0.05) is 22.6 Å². The summed E-state index contributed by atoms with van der Waals surface area (Å²) in [6.45, 7) is 3.72. The Labute approximate surface area is 341 Å². The molecular weight excluding hydrogens is 775 g/mol. The van der Waals surface area contributed by atoms with Crippen molar-refractivity contribution in [1.82, 2.24) is 0 Å². The van der Waals surface area contributed by atoms with Gasteiger partial charge in [0.2, 0.25) is 0 Å². The molecular formula is C41H53N3O13S. The summed E-state index contributed by atoms with van der Waals surface area (Å²) in [5.41, 5.74) is 20.8. The van der Waals surface area contributed by atoms with Crippen LogP contribution in [0, 0.1) is 0 Å². The van der Waals surface area contributed by atoms with Crippen molar-refractivity contribution in [2.24, 2.45) is 17.2 Å². The van der Waals surface area contributed by atoms with E-state index >= 15 is 0 Å². The molecule has 3 fully saturated rings. The summed E-state index contributed by atoms with van der Waals surface area (Å²) >= 11 is 1.65. The van der Waals surface area contributed by atoms with Crippen LogP contribution >= 0.6 is 11.8 Å². The third-order valence-corrected chi connectivity index (χ3v) is 10.1. The van der Waals surface area contributed by atoms with Gasteiger partial charge in [0.15, 0.2) is 24.7 Å². The molecule has 0 radical (unpaired) electrons. The summed E-state index contributed by atoms with van der Waals surface area (Å²) in [5, 5.41) is 26.2. The molecule has 3 atom stereocenters. The van der Waals surface area contributed by atoms with Crippen molar-refractivity contribution in [3.8, 4) is 0 Å². The molecule has 16 nitrogen and oxygen atoms in total. The molecule has 0 bridgehead atoms. The first-order valence-electron chi connectivity index (χ1n) is 18.9. The maximum absolute atomic E-state index is 12.0. The van der Waals surface area contributed by atoms with Crippen LogP contribution in [0.2, 0.25) is 0 Å². The number of hydrogen-bond donors (Lipinski definition) is 6. The van der Waals surface area contributed by atoms with Crippen LogP contribution in [0.1, 0.15) is 45.5 Å². The zero-order valence-corrected chi connectivity index (χ0v) is 33.0. The maximum Gasteiger partial charge on any atom is 0.320 e. The topological polar surface area (TPSA) is 262 Å².